The number of hydrogen-bond acceptors (Lipinski definition) is 5. The lowest BCUT2D eigenvalue weighted by molar-refractivity contribution is -0.129. The molecule has 33 heavy (non-hydrogen) atoms. The molecular formula is C26H23N3O2S2. The van der Waals surface area contributed by atoms with Crippen LogP contribution in [0.2, 0.25) is 0 Å². The maximum Gasteiger partial charge on any atom is 0.263 e. The molecule has 0 aliphatic carbocycles. The monoisotopic (exact) mass is 473 g/mol. The number of benzene rings is 2. The number of carbonyl (C=O) groups excluding carboxylic acids is 1. The first-order valence-corrected chi connectivity index (χ1v) is 12.6. The molecule has 0 fully saturated rings. The summed E-state index contributed by atoms with van der Waals surface area (Å²) in [5.41, 5.74) is 3.48. The van der Waals surface area contributed by atoms with E-state index in [-0.39, 0.29) is 17.2 Å². The molecule has 2 aromatic heterocycles. The van der Waals surface area contributed by atoms with Crippen molar-refractivity contribution in [1.29, 1.82) is 0 Å². The Kier molecular flexibility index (Phi) is 6.15. The Morgan fingerprint density at radius 1 is 1.12 bits per heavy atom. The van der Waals surface area contributed by atoms with Crippen LogP contribution in [0.15, 0.2) is 83.3 Å². The summed E-state index contributed by atoms with van der Waals surface area (Å²) >= 11 is 2.82. The van der Waals surface area contributed by atoms with E-state index in [9.17, 15) is 9.59 Å². The summed E-state index contributed by atoms with van der Waals surface area (Å²) in [6.07, 6.45) is 2.56. The predicted octanol–water partition coefficient (Wildman–Crippen LogP) is 4.99. The fraction of sp³-hybridized carbons (Fsp3) is 0.192. The van der Waals surface area contributed by atoms with E-state index >= 15 is 0 Å². The second-order valence-corrected chi connectivity index (χ2v) is 9.89. The zero-order valence-electron chi connectivity index (χ0n) is 18.1. The minimum Gasteiger partial charge on any atom is -0.337 e. The van der Waals surface area contributed by atoms with Gasteiger partial charge in [0, 0.05) is 24.5 Å². The minimum atomic E-state index is -0.0971. The Labute approximate surface area is 200 Å². The summed E-state index contributed by atoms with van der Waals surface area (Å²) < 4.78 is 1.61. The number of aromatic nitrogens is 2. The maximum atomic E-state index is 13.2. The smallest absolute Gasteiger partial charge is 0.263 e. The summed E-state index contributed by atoms with van der Waals surface area (Å²) in [5, 5.41) is 1.16. The van der Waals surface area contributed by atoms with Gasteiger partial charge in [0.15, 0.2) is 5.16 Å². The second kappa shape index (κ2) is 9.37. The van der Waals surface area contributed by atoms with Gasteiger partial charge in [-0.1, -0.05) is 72.4 Å². The molecule has 1 aliphatic heterocycles. The van der Waals surface area contributed by atoms with Crippen molar-refractivity contribution >= 4 is 39.2 Å². The van der Waals surface area contributed by atoms with E-state index in [1.54, 1.807) is 10.6 Å². The first-order valence-electron chi connectivity index (χ1n) is 10.8. The normalized spacial score (nSPS) is 13.2. The van der Waals surface area contributed by atoms with Gasteiger partial charge in [-0.2, -0.15) is 0 Å². The number of carbonyl (C=O) groups is 1. The summed E-state index contributed by atoms with van der Waals surface area (Å²) in [4.78, 5) is 34.6. The summed E-state index contributed by atoms with van der Waals surface area (Å²) in [6, 6.07) is 20.2. The van der Waals surface area contributed by atoms with Gasteiger partial charge in [-0.3, -0.25) is 14.2 Å². The third kappa shape index (κ3) is 4.38. The van der Waals surface area contributed by atoms with Crippen LogP contribution >= 0.6 is 23.1 Å². The van der Waals surface area contributed by atoms with Gasteiger partial charge in [0.1, 0.15) is 4.83 Å². The molecule has 0 bridgehead atoms. The van der Waals surface area contributed by atoms with Gasteiger partial charge in [0.05, 0.1) is 11.1 Å². The molecule has 0 unspecified atom stereocenters. The Morgan fingerprint density at radius 2 is 1.88 bits per heavy atom. The summed E-state index contributed by atoms with van der Waals surface area (Å²) in [5.74, 6) is 0.305. The Hall–Kier alpha value is -3.16. The van der Waals surface area contributed by atoms with E-state index in [1.807, 2.05) is 53.4 Å². The SMILES string of the molecule is C=CCn1c(SCC(=O)N2CCc3ccccc3C2)nc2sc(-c3ccccc3)cc2c1=O. The third-order valence-corrected chi connectivity index (χ3v) is 7.83. The molecule has 2 aromatic carbocycles. The molecule has 7 heteroatoms. The molecule has 0 saturated heterocycles. The molecule has 0 spiro atoms. The highest BCUT2D eigenvalue weighted by Gasteiger charge is 2.22. The van der Waals surface area contributed by atoms with Crippen molar-refractivity contribution in [2.75, 3.05) is 12.3 Å². The second-order valence-electron chi connectivity index (χ2n) is 7.92. The Balaban J connectivity index is 1.40. The summed E-state index contributed by atoms with van der Waals surface area (Å²) in [7, 11) is 0. The molecule has 1 aliphatic rings. The molecule has 1 amide bonds. The number of amides is 1. The van der Waals surface area contributed by atoms with Crippen molar-refractivity contribution in [2.24, 2.45) is 0 Å². The zero-order valence-corrected chi connectivity index (χ0v) is 19.7. The molecule has 0 atom stereocenters. The van der Waals surface area contributed by atoms with Crippen LogP contribution in [-0.2, 0) is 24.3 Å². The van der Waals surface area contributed by atoms with Crippen molar-refractivity contribution in [2.45, 2.75) is 24.7 Å². The van der Waals surface area contributed by atoms with Crippen LogP contribution in [0.3, 0.4) is 0 Å². The molecular weight excluding hydrogens is 450 g/mol. The lowest BCUT2D eigenvalue weighted by Crippen LogP contribution is -2.37. The number of thioether (sulfide) groups is 1. The number of nitrogens with zero attached hydrogens (tertiary/aromatic N) is 3. The molecule has 3 heterocycles. The van der Waals surface area contributed by atoms with E-state index in [4.69, 9.17) is 4.98 Å². The van der Waals surface area contributed by atoms with Gasteiger partial charge in [0.25, 0.3) is 5.56 Å². The highest BCUT2D eigenvalue weighted by molar-refractivity contribution is 7.99. The van der Waals surface area contributed by atoms with Gasteiger partial charge in [-0.05, 0) is 29.2 Å². The lowest BCUT2D eigenvalue weighted by Gasteiger charge is -2.28. The van der Waals surface area contributed by atoms with Crippen LogP contribution < -0.4 is 5.56 Å². The van der Waals surface area contributed by atoms with Gasteiger partial charge < -0.3 is 4.90 Å². The molecule has 5 nitrogen and oxygen atoms in total. The van der Waals surface area contributed by atoms with Gasteiger partial charge in [-0.15, -0.1) is 17.9 Å². The van der Waals surface area contributed by atoms with E-state index < -0.39 is 0 Å². The number of rotatable bonds is 6. The molecule has 166 valence electrons. The van der Waals surface area contributed by atoms with Crippen LogP contribution in [-0.4, -0.2) is 32.7 Å². The van der Waals surface area contributed by atoms with Gasteiger partial charge >= 0.3 is 0 Å². The average Bonchev–Trinajstić information content (AvgIpc) is 3.29. The van der Waals surface area contributed by atoms with Gasteiger partial charge in [-0.25, -0.2) is 4.98 Å². The van der Waals surface area contributed by atoms with Gasteiger partial charge in [0.2, 0.25) is 5.91 Å². The van der Waals surface area contributed by atoms with Crippen molar-refractivity contribution < 1.29 is 4.79 Å². The Morgan fingerprint density at radius 3 is 2.67 bits per heavy atom. The van der Waals surface area contributed by atoms with Crippen LogP contribution in [0.4, 0.5) is 0 Å². The highest BCUT2D eigenvalue weighted by atomic mass is 32.2. The van der Waals surface area contributed by atoms with E-state index in [1.165, 1.54) is 34.2 Å². The predicted molar refractivity (Wildman–Crippen MR) is 136 cm³/mol. The number of allylic oxidation sites excluding steroid dienone is 1. The molecule has 4 aromatic rings. The highest BCUT2D eigenvalue weighted by Crippen LogP contribution is 2.32. The third-order valence-electron chi connectivity index (χ3n) is 5.79. The van der Waals surface area contributed by atoms with Crippen LogP contribution in [0.5, 0.6) is 0 Å². The molecule has 5 rings (SSSR count). The first-order chi connectivity index (χ1) is 16.1. The summed E-state index contributed by atoms with van der Waals surface area (Å²) in [6.45, 7) is 5.49. The van der Waals surface area contributed by atoms with E-state index in [2.05, 4.69) is 18.7 Å². The van der Waals surface area contributed by atoms with Crippen LogP contribution in [0.25, 0.3) is 20.7 Å². The fourth-order valence-electron chi connectivity index (χ4n) is 4.07. The van der Waals surface area contributed by atoms with Crippen molar-refractivity contribution in [1.82, 2.24) is 14.5 Å². The minimum absolute atomic E-state index is 0.0603. The lowest BCUT2D eigenvalue weighted by atomic mass is 10.00. The van der Waals surface area contributed by atoms with Crippen molar-refractivity contribution in [3.63, 3.8) is 0 Å². The standard InChI is InChI=1S/C26H23N3O2S2/c1-2-13-29-25(31)21-15-22(19-9-4-3-5-10-19)33-24(21)27-26(29)32-17-23(30)28-14-12-18-8-6-7-11-20(18)16-28/h2-11,15H,1,12-14,16-17H2. The molecule has 0 saturated carbocycles. The molecule has 0 N–H and O–H groups in total. The zero-order chi connectivity index (χ0) is 22.8. The van der Waals surface area contributed by atoms with E-state index in [0.29, 0.717) is 35.0 Å². The average molecular weight is 474 g/mol. The number of thiophene rings is 1. The quantitative estimate of drug-likeness (QED) is 0.225. The van der Waals surface area contributed by atoms with E-state index in [0.717, 1.165) is 16.9 Å². The maximum absolute atomic E-state index is 13.2. The molecule has 0 radical (unpaired) electrons. The first kappa shape index (κ1) is 21.7. The number of hydrogen-bond donors (Lipinski definition) is 0. The topological polar surface area (TPSA) is 55.2 Å². The number of fused-ring (bicyclic) bond motifs is 2. The van der Waals surface area contributed by atoms with Crippen molar-refractivity contribution in [3.05, 3.63) is 94.8 Å². The largest absolute Gasteiger partial charge is 0.337 e. The Bertz CT molecular complexity index is 1390. The van der Waals surface area contributed by atoms with Crippen molar-refractivity contribution in [3.8, 4) is 10.4 Å². The van der Waals surface area contributed by atoms with Crippen LogP contribution in [0, 0.1) is 0 Å². The van der Waals surface area contributed by atoms with Crippen LogP contribution in [0.1, 0.15) is 11.1 Å². The fourth-order valence-corrected chi connectivity index (χ4v) is 6.06.